The second-order valence-electron chi connectivity index (χ2n) is 6.89. The zero-order chi connectivity index (χ0) is 18.9. The van der Waals surface area contributed by atoms with Crippen molar-refractivity contribution in [2.75, 3.05) is 11.9 Å². The number of nitrogens with zero attached hydrogens (tertiary/aromatic N) is 1. The molecule has 0 fully saturated rings. The third-order valence-corrected chi connectivity index (χ3v) is 4.50. The van der Waals surface area contributed by atoms with Crippen molar-refractivity contribution in [3.8, 4) is 0 Å². The summed E-state index contributed by atoms with van der Waals surface area (Å²) in [6.07, 6.45) is -4.06. The molecule has 2 aromatic rings. The van der Waals surface area contributed by atoms with E-state index in [0.717, 1.165) is 24.1 Å². The predicted octanol–water partition coefficient (Wildman–Crippen LogP) is 5.32. The molecule has 6 heteroatoms. The molecule has 0 aliphatic carbocycles. The molecule has 0 spiro atoms. The Hall–Kier alpha value is -2.50. The molecule has 1 heterocycles. The van der Waals surface area contributed by atoms with Crippen LogP contribution in [0, 0.1) is 5.92 Å². The number of hydrogen-bond donors (Lipinski definition) is 1. The Balaban J connectivity index is 1.91. The van der Waals surface area contributed by atoms with Crippen molar-refractivity contribution in [1.29, 1.82) is 0 Å². The molecular weight excluding hydrogens is 341 g/mol. The molecule has 0 saturated carbocycles. The maximum absolute atomic E-state index is 13.0. The highest BCUT2D eigenvalue weighted by atomic mass is 19.4. The number of amides is 1. The quantitative estimate of drug-likeness (QED) is 0.781. The Morgan fingerprint density at radius 2 is 1.85 bits per heavy atom. The lowest BCUT2D eigenvalue weighted by Gasteiger charge is -2.28. The summed E-state index contributed by atoms with van der Waals surface area (Å²) in [4.78, 5) is 14.4. The van der Waals surface area contributed by atoms with E-state index in [4.69, 9.17) is 0 Å². The van der Waals surface area contributed by atoms with Crippen LogP contribution in [0.5, 0.6) is 0 Å². The van der Waals surface area contributed by atoms with E-state index in [0.29, 0.717) is 23.7 Å². The summed E-state index contributed by atoms with van der Waals surface area (Å²) in [6, 6.07) is 12.3. The summed E-state index contributed by atoms with van der Waals surface area (Å²) >= 11 is 0. The molecule has 1 N–H and O–H groups in total. The van der Waals surface area contributed by atoms with Crippen LogP contribution in [-0.2, 0) is 6.18 Å². The smallest absolute Gasteiger partial charge is 0.361 e. The van der Waals surface area contributed by atoms with Crippen molar-refractivity contribution in [3.05, 3.63) is 65.2 Å². The predicted molar refractivity (Wildman–Crippen MR) is 94.7 cm³/mol. The number of carbonyl (C=O) groups excluding carboxylic acids is 1. The van der Waals surface area contributed by atoms with E-state index < -0.39 is 17.9 Å². The SMILES string of the molecule is CC(C)CCN1C(=O)c2ccccc2[C@@H]1Nc1cccc(C(F)(F)F)c1. The minimum absolute atomic E-state index is 0.0919. The molecule has 2 aromatic carbocycles. The van der Waals surface area contributed by atoms with Crippen LogP contribution in [0.1, 0.15) is 47.9 Å². The standard InChI is InChI=1S/C20H21F3N2O/c1-13(2)10-11-25-18(16-8-3-4-9-17(16)19(25)26)24-15-7-5-6-14(12-15)20(21,22)23/h3-9,12-13,18,24H,10-11H2,1-2H3/t18-/m1/s1. The molecular formula is C20H21F3N2O. The lowest BCUT2D eigenvalue weighted by molar-refractivity contribution is -0.137. The van der Waals surface area contributed by atoms with Crippen LogP contribution < -0.4 is 5.32 Å². The maximum atomic E-state index is 13.0. The van der Waals surface area contributed by atoms with Gasteiger partial charge in [-0.1, -0.05) is 38.1 Å². The van der Waals surface area contributed by atoms with Gasteiger partial charge in [0.2, 0.25) is 0 Å². The van der Waals surface area contributed by atoms with E-state index in [2.05, 4.69) is 19.2 Å². The Morgan fingerprint density at radius 1 is 1.12 bits per heavy atom. The number of benzene rings is 2. The Bertz CT molecular complexity index is 802. The normalized spacial score (nSPS) is 16.9. The molecule has 0 saturated heterocycles. The second kappa shape index (κ2) is 7.02. The molecule has 0 unspecified atom stereocenters. The first-order valence-electron chi connectivity index (χ1n) is 8.61. The van der Waals surface area contributed by atoms with Gasteiger partial charge in [-0.2, -0.15) is 13.2 Å². The molecule has 1 aliphatic heterocycles. The lowest BCUT2D eigenvalue weighted by atomic mass is 10.1. The van der Waals surface area contributed by atoms with Crippen LogP contribution in [0.3, 0.4) is 0 Å². The van der Waals surface area contributed by atoms with Gasteiger partial charge in [0.1, 0.15) is 6.17 Å². The first kappa shape index (κ1) is 18.3. The van der Waals surface area contributed by atoms with Gasteiger partial charge in [-0.15, -0.1) is 0 Å². The van der Waals surface area contributed by atoms with Gasteiger partial charge in [-0.3, -0.25) is 4.79 Å². The third-order valence-electron chi connectivity index (χ3n) is 4.50. The molecule has 26 heavy (non-hydrogen) atoms. The van der Waals surface area contributed by atoms with Crippen molar-refractivity contribution >= 4 is 11.6 Å². The topological polar surface area (TPSA) is 32.3 Å². The average Bonchev–Trinajstić information content (AvgIpc) is 2.85. The lowest BCUT2D eigenvalue weighted by Crippen LogP contribution is -2.33. The maximum Gasteiger partial charge on any atom is 0.416 e. The van der Waals surface area contributed by atoms with Gasteiger partial charge >= 0.3 is 6.18 Å². The van der Waals surface area contributed by atoms with E-state index in [1.807, 2.05) is 12.1 Å². The molecule has 1 atom stereocenters. The minimum atomic E-state index is -4.40. The molecule has 3 nitrogen and oxygen atoms in total. The van der Waals surface area contributed by atoms with Crippen molar-refractivity contribution < 1.29 is 18.0 Å². The first-order valence-corrected chi connectivity index (χ1v) is 8.61. The first-order chi connectivity index (χ1) is 12.3. The molecule has 0 aromatic heterocycles. The fraction of sp³-hybridized carbons (Fsp3) is 0.350. The monoisotopic (exact) mass is 362 g/mol. The molecule has 138 valence electrons. The van der Waals surface area contributed by atoms with Gasteiger partial charge in [-0.05, 0) is 36.6 Å². The van der Waals surface area contributed by atoms with E-state index >= 15 is 0 Å². The number of hydrogen-bond acceptors (Lipinski definition) is 2. The number of halogens is 3. The van der Waals surface area contributed by atoms with Gasteiger partial charge in [-0.25, -0.2) is 0 Å². The van der Waals surface area contributed by atoms with Gasteiger partial charge < -0.3 is 10.2 Å². The van der Waals surface area contributed by atoms with E-state index in [9.17, 15) is 18.0 Å². The average molecular weight is 362 g/mol. The molecule has 3 rings (SSSR count). The number of alkyl halides is 3. The van der Waals surface area contributed by atoms with E-state index in [1.54, 1.807) is 23.1 Å². The third kappa shape index (κ3) is 3.69. The number of fused-ring (bicyclic) bond motifs is 1. The summed E-state index contributed by atoms with van der Waals surface area (Å²) < 4.78 is 38.9. The van der Waals surface area contributed by atoms with Crippen molar-refractivity contribution in [2.24, 2.45) is 5.92 Å². The van der Waals surface area contributed by atoms with Crippen LogP contribution in [0.15, 0.2) is 48.5 Å². The summed E-state index contributed by atoms with van der Waals surface area (Å²) in [5, 5.41) is 3.12. The van der Waals surface area contributed by atoms with Crippen LogP contribution >= 0.6 is 0 Å². The van der Waals surface area contributed by atoms with Crippen LogP contribution in [0.4, 0.5) is 18.9 Å². The van der Waals surface area contributed by atoms with E-state index in [1.165, 1.54) is 6.07 Å². The number of nitrogens with one attached hydrogen (secondary N) is 1. The summed E-state index contributed by atoms with van der Waals surface area (Å²) in [5.74, 6) is 0.325. The van der Waals surface area contributed by atoms with Crippen molar-refractivity contribution in [1.82, 2.24) is 4.90 Å². The Kier molecular flexibility index (Phi) is 4.94. The molecule has 0 radical (unpaired) electrons. The fourth-order valence-electron chi connectivity index (χ4n) is 3.10. The van der Waals surface area contributed by atoms with Crippen LogP contribution in [-0.4, -0.2) is 17.4 Å². The van der Waals surface area contributed by atoms with Crippen molar-refractivity contribution in [3.63, 3.8) is 0 Å². The van der Waals surface area contributed by atoms with E-state index in [-0.39, 0.29) is 5.91 Å². The summed E-state index contributed by atoms with van der Waals surface area (Å²) in [7, 11) is 0. The second-order valence-corrected chi connectivity index (χ2v) is 6.89. The summed E-state index contributed by atoms with van der Waals surface area (Å²) in [6.45, 7) is 4.69. The largest absolute Gasteiger partial charge is 0.416 e. The molecule has 1 aliphatic rings. The zero-order valence-electron chi connectivity index (χ0n) is 14.7. The van der Waals surface area contributed by atoms with Gasteiger partial charge in [0.25, 0.3) is 5.91 Å². The number of carbonyl (C=O) groups is 1. The highest BCUT2D eigenvalue weighted by molar-refractivity contribution is 5.99. The highest BCUT2D eigenvalue weighted by Gasteiger charge is 2.36. The highest BCUT2D eigenvalue weighted by Crippen LogP contribution is 2.36. The Morgan fingerprint density at radius 3 is 2.54 bits per heavy atom. The minimum Gasteiger partial charge on any atom is -0.361 e. The van der Waals surface area contributed by atoms with Gasteiger partial charge in [0.15, 0.2) is 0 Å². The zero-order valence-corrected chi connectivity index (χ0v) is 14.7. The summed E-state index contributed by atoms with van der Waals surface area (Å²) in [5.41, 5.74) is 1.01. The van der Waals surface area contributed by atoms with Crippen LogP contribution in [0.25, 0.3) is 0 Å². The Labute approximate surface area is 150 Å². The van der Waals surface area contributed by atoms with Gasteiger partial charge in [0.05, 0.1) is 5.56 Å². The van der Waals surface area contributed by atoms with Gasteiger partial charge in [0, 0.05) is 23.4 Å². The van der Waals surface area contributed by atoms with Crippen LogP contribution in [0.2, 0.25) is 0 Å². The molecule has 0 bridgehead atoms. The number of rotatable bonds is 5. The number of anilines is 1. The fourth-order valence-corrected chi connectivity index (χ4v) is 3.10. The molecule has 1 amide bonds. The van der Waals surface area contributed by atoms with Crippen molar-refractivity contribution in [2.45, 2.75) is 32.6 Å².